The largest absolute Gasteiger partial charge is 0.351 e. The molecule has 1 fully saturated rings. The molecule has 3 aromatic rings. The predicted octanol–water partition coefficient (Wildman–Crippen LogP) is 4.67. The molecule has 2 aromatic heterocycles. The van der Waals surface area contributed by atoms with E-state index in [1.54, 1.807) is 11.3 Å². The van der Waals surface area contributed by atoms with Crippen LogP contribution in [0.1, 0.15) is 22.5 Å². The molecule has 27 heavy (non-hydrogen) atoms. The van der Waals surface area contributed by atoms with Crippen LogP contribution in [-0.2, 0) is 0 Å². The third-order valence-corrected chi connectivity index (χ3v) is 6.36. The van der Waals surface area contributed by atoms with Crippen molar-refractivity contribution in [1.29, 1.82) is 0 Å². The Kier molecular flexibility index (Phi) is 8.31. The van der Waals surface area contributed by atoms with Gasteiger partial charge < -0.3 is 16.0 Å². The first-order valence-electron chi connectivity index (χ1n) is 8.49. The first-order valence-corrected chi connectivity index (χ1v) is 10.1. The summed E-state index contributed by atoms with van der Waals surface area (Å²) in [4.78, 5) is 18.6. The zero-order valence-corrected chi connectivity index (χ0v) is 17.8. The molecular formula is C18H22Cl2N4OS2. The Bertz CT molecular complexity index is 831. The highest BCUT2D eigenvalue weighted by Crippen LogP contribution is 2.34. The van der Waals surface area contributed by atoms with Crippen molar-refractivity contribution >= 4 is 73.7 Å². The van der Waals surface area contributed by atoms with Gasteiger partial charge in [0.1, 0.15) is 4.83 Å². The van der Waals surface area contributed by atoms with Gasteiger partial charge in [0.15, 0.2) is 5.13 Å². The van der Waals surface area contributed by atoms with Gasteiger partial charge in [-0.1, -0.05) is 29.5 Å². The second-order valence-electron chi connectivity index (χ2n) is 6.21. The zero-order chi connectivity index (χ0) is 17.1. The Labute approximate surface area is 178 Å². The third-order valence-electron chi connectivity index (χ3n) is 4.29. The number of piperidine rings is 1. The average molecular weight is 445 g/mol. The van der Waals surface area contributed by atoms with Crippen molar-refractivity contribution in [1.82, 2.24) is 15.6 Å². The number of thiophene rings is 1. The van der Waals surface area contributed by atoms with E-state index in [1.165, 1.54) is 24.2 Å². The fraction of sp³-hybridized carbons (Fsp3) is 0.333. The molecule has 146 valence electrons. The molecule has 0 saturated carbocycles. The second-order valence-corrected chi connectivity index (χ2v) is 8.27. The molecule has 1 amide bonds. The summed E-state index contributed by atoms with van der Waals surface area (Å²) in [6.07, 6.45) is 2.37. The van der Waals surface area contributed by atoms with Gasteiger partial charge in [0.05, 0.1) is 9.58 Å². The standard InChI is InChI=1S/C18H20N4OS2.2ClH/c23-16(20-11-12-5-4-8-19-10-12)14-9-15-17(24-14)22-18(25-15)21-13-6-2-1-3-7-13;;/h1-3,6-7,9,12,19H,4-5,8,10-11H2,(H,20,23)(H,21,22);2*1H. The van der Waals surface area contributed by atoms with Crippen LogP contribution in [0.15, 0.2) is 36.4 Å². The maximum absolute atomic E-state index is 12.4. The van der Waals surface area contributed by atoms with E-state index < -0.39 is 0 Å². The quantitative estimate of drug-likeness (QED) is 0.534. The van der Waals surface area contributed by atoms with E-state index in [0.717, 1.165) is 44.9 Å². The lowest BCUT2D eigenvalue weighted by Crippen LogP contribution is -2.37. The Hall–Kier alpha value is -1.38. The Morgan fingerprint density at radius 3 is 2.74 bits per heavy atom. The number of rotatable bonds is 5. The van der Waals surface area contributed by atoms with Gasteiger partial charge in [0, 0.05) is 12.2 Å². The lowest BCUT2D eigenvalue weighted by molar-refractivity contribution is 0.0949. The number of nitrogens with zero attached hydrogens (tertiary/aromatic N) is 1. The van der Waals surface area contributed by atoms with Crippen LogP contribution >= 0.6 is 47.5 Å². The minimum Gasteiger partial charge on any atom is -0.351 e. The zero-order valence-electron chi connectivity index (χ0n) is 14.6. The van der Waals surface area contributed by atoms with E-state index in [0.29, 0.717) is 5.92 Å². The molecule has 1 aliphatic rings. The van der Waals surface area contributed by atoms with Crippen molar-refractivity contribution in [3.05, 3.63) is 41.3 Å². The average Bonchev–Trinajstić information content (AvgIpc) is 3.20. The number of amides is 1. The van der Waals surface area contributed by atoms with E-state index in [4.69, 9.17) is 0 Å². The normalized spacial score (nSPS) is 16.2. The van der Waals surface area contributed by atoms with Gasteiger partial charge in [-0.05, 0) is 50.0 Å². The van der Waals surface area contributed by atoms with Gasteiger partial charge in [-0.2, -0.15) is 0 Å². The number of carbonyl (C=O) groups is 1. The van der Waals surface area contributed by atoms with Crippen LogP contribution in [0.4, 0.5) is 10.8 Å². The Morgan fingerprint density at radius 2 is 2.04 bits per heavy atom. The van der Waals surface area contributed by atoms with Crippen LogP contribution < -0.4 is 16.0 Å². The molecule has 1 aliphatic heterocycles. The second kappa shape index (κ2) is 10.2. The molecule has 0 radical (unpaired) electrons. The highest BCUT2D eigenvalue weighted by molar-refractivity contribution is 7.29. The first kappa shape index (κ1) is 21.9. The van der Waals surface area contributed by atoms with Gasteiger partial charge in [-0.3, -0.25) is 4.79 Å². The molecule has 0 bridgehead atoms. The first-order chi connectivity index (χ1) is 12.3. The van der Waals surface area contributed by atoms with Crippen LogP contribution in [0.3, 0.4) is 0 Å². The van der Waals surface area contributed by atoms with E-state index in [9.17, 15) is 4.79 Å². The highest BCUT2D eigenvalue weighted by atomic mass is 35.5. The molecule has 3 N–H and O–H groups in total. The number of benzene rings is 1. The fourth-order valence-electron chi connectivity index (χ4n) is 2.97. The molecule has 0 aliphatic carbocycles. The Morgan fingerprint density at radius 1 is 1.22 bits per heavy atom. The molecule has 9 heteroatoms. The number of anilines is 2. The summed E-state index contributed by atoms with van der Waals surface area (Å²) in [6.45, 7) is 2.83. The monoisotopic (exact) mass is 444 g/mol. The maximum atomic E-state index is 12.4. The summed E-state index contributed by atoms with van der Waals surface area (Å²) in [7, 11) is 0. The smallest absolute Gasteiger partial charge is 0.261 e. The number of halogens is 2. The molecule has 1 aromatic carbocycles. The van der Waals surface area contributed by atoms with Crippen LogP contribution in [0.5, 0.6) is 0 Å². The number of thiazole rings is 1. The summed E-state index contributed by atoms with van der Waals surface area (Å²) in [6, 6.07) is 11.9. The van der Waals surface area contributed by atoms with Crippen LogP contribution in [0.2, 0.25) is 0 Å². The number of fused-ring (bicyclic) bond motifs is 1. The summed E-state index contributed by atoms with van der Waals surface area (Å²) in [5, 5.41) is 10.6. The van der Waals surface area contributed by atoms with Crippen LogP contribution in [0, 0.1) is 5.92 Å². The number of nitrogens with one attached hydrogen (secondary N) is 3. The number of carbonyl (C=O) groups excluding carboxylic acids is 1. The topological polar surface area (TPSA) is 66.1 Å². The molecule has 1 atom stereocenters. The third kappa shape index (κ3) is 5.56. The van der Waals surface area contributed by atoms with E-state index in [-0.39, 0.29) is 30.7 Å². The molecular weight excluding hydrogens is 423 g/mol. The van der Waals surface area contributed by atoms with Crippen LogP contribution in [0.25, 0.3) is 9.53 Å². The molecule has 1 unspecified atom stereocenters. The van der Waals surface area contributed by atoms with Gasteiger partial charge in [-0.15, -0.1) is 36.2 Å². The van der Waals surface area contributed by atoms with Gasteiger partial charge in [0.2, 0.25) is 0 Å². The lowest BCUT2D eigenvalue weighted by Gasteiger charge is -2.22. The van der Waals surface area contributed by atoms with E-state index in [1.807, 2.05) is 36.4 Å². The Balaban J connectivity index is 0.00000131. The van der Waals surface area contributed by atoms with Crippen molar-refractivity contribution in [2.45, 2.75) is 12.8 Å². The predicted molar refractivity (Wildman–Crippen MR) is 120 cm³/mol. The number of para-hydroxylation sites is 1. The van der Waals surface area contributed by atoms with Gasteiger partial charge in [-0.25, -0.2) is 4.98 Å². The van der Waals surface area contributed by atoms with Crippen LogP contribution in [-0.4, -0.2) is 30.5 Å². The van der Waals surface area contributed by atoms with Crippen molar-refractivity contribution in [3.8, 4) is 0 Å². The molecule has 3 heterocycles. The molecule has 5 nitrogen and oxygen atoms in total. The SMILES string of the molecule is Cl.Cl.O=C(NCC1CCCNC1)c1cc2sc(Nc3ccccc3)nc2s1. The number of aromatic nitrogens is 1. The number of hydrogen-bond donors (Lipinski definition) is 3. The molecule has 4 rings (SSSR count). The van der Waals surface area contributed by atoms with Crippen molar-refractivity contribution in [2.24, 2.45) is 5.92 Å². The van der Waals surface area contributed by atoms with Crippen molar-refractivity contribution < 1.29 is 4.79 Å². The fourth-order valence-corrected chi connectivity index (χ4v) is 5.02. The lowest BCUT2D eigenvalue weighted by atomic mass is 10.00. The number of hydrogen-bond acceptors (Lipinski definition) is 6. The minimum absolute atomic E-state index is 0. The maximum Gasteiger partial charge on any atom is 0.261 e. The minimum atomic E-state index is 0. The molecule has 1 saturated heterocycles. The highest BCUT2D eigenvalue weighted by Gasteiger charge is 2.17. The summed E-state index contributed by atoms with van der Waals surface area (Å²) in [5.74, 6) is 0.553. The van der Waals surface area contributed by atoms with E-state index >= 15 is 0 Å². The summed E-state index contributed by atoms with van der Waals surface area (Å²) < 4.78 is 1.05. The van der Waals surface area contributed by atoms with Gasteiger partial charge >= 0.3 is 0 Å². The van der Waals surface area contributed by atoms with E-state index in [2.05, 4.69) is 20.9 Å². The van der Waals surface area contributed by atoms with Crippen molar-refractivity contribution in [3.63, 3.8) is 0 Å². The van der Waals surface area contributed by atoms with Crippen molar-refractivity contribution in [2.75, 3.05) is 25.0 Å². The summed E-state index contributed by atoms with van der Waals surface area (Å²) in [5.41, 5.74) is 1.02. The summed E-state index contributed by atoms with van der Waals surface area (Å²) >= 11 is 3.03. The van der Waals surface area contributed by atoms with Gasteiger partial charge in [0.25, 0.3) is 5.91 Å². The molecule has 0 spiro atoms.